The number of ether oxygens (including phenoxy) is 1. The Hall–Kier alpha value is -1.71. The summed E-state index contributed by atoms with van der Waals surface area (Å²) in [6.45, 7) is 0. The molecule has 1 aliphatic rings. The number of halogens is 1. The Kier molecular flexibility index (Phi) is 5.90. The van der Waals surface area contributed by atoms with Crippen LogP contribution < -0.4 is 0 Å². The van der Waals surface area contributed by atoms with Crippen LogP contribution in [-0.4, -0.2) is 18.1 Å². The van der Waals surface area contributed by atoms with Crippen LogP contribution in [0.5, 0.6) is 0 Å². The van der Waals surface area contributed by atoms with E-state index in [1.165, 1.54) is 31.4 Å². The van der Waals surface area contributed by atoms with Gasteiger partial charge in [-0.15, -0.1) is 0 Å². The average molecular weight is 292 g/mol. The lowest BCUT2D eigenvalue weighted by Gasteiger charge is -2.20. The molecular formula is C17H21FO3. The normalized spacial score (nSPS) is 16.8. The van der Waals surface area contributed by atoms with Crippen molar-refractivity contribution in [3.8, 4) is 0 Å². The predicted octanol–water partition coefficient (Wildman–Crippen LogP) is 3.99. The molecule has 0 atom stereocenters. The van der Waals surface area contributed by atoms with E-state index in [1.54, 1.807) is 12.1 Å². The Morgan fingerprint density at radius 3 is 2.43 bits per heavy atom. The van der Waals surface area contributed by atoms with E-state index in [9.17, 15) is 14.0 Å². The molecule has 0 N–H and O–H groups in total. The Morgan fingerprint density at radius 1 is 1.10 bits per heavy atom. The molecule has 0 radical (unpaired) electrons. The zero-order valence-electron chi connectivity index (χ0n) is 12.1. The average Bonchev–Trinajstić information content (AvgIpc) is 2.42. The highest BCUT2D eigenvalue weighted by Crippen LogP contribution is 2.20. The number of benzene rings is 1. The number of hydrogen-bond donors (Lipinski definition) is 0. The Bertz CT molecular complexity index is 491. The van der Waals surface area contributed by atoms with Gasteiger partial charge in [-0.1, -0.05) is 31.4 Å². The molecule has 0 aromatic heterocycles. The molecule has 0 spiro atoms. The number of carbonyl (C=O) groups is 2. The smallest absolute Gasteiger partial charge is 0.332 e. The molecule has 21 heavy (non-hydrogen) atoms. The molecule has 2 rings (SSSR count). The second kappa shape index (κ2) is 7.91. The van der Waals surface area contributed by atoms with Crippen molar-refractivity contribution in [1.82, 2.24) is 0 Å². The molecule has 3 nitrogen and oxygen atoms in total. The second-order valence-corrected chi connectivity index (χ2v) is 5.61. The third-order valence-corrected chi connectivity index (χ3v) is 3.85. The van der Waals surface area contributed by atoms with Gasteiger partial charge < -0.3 is 4.74 Å². The summed E-state index contributed by atoms with van der Waals surface area (Å²) in [6.07, 6.45) is 7.81. The fraction of sp³-hybridized carbons (Fsp3) is 0.529. The highest BCUT2D eigenvalue weighted by atomic mass is 19.1. The molecule has 4 heteroatoms. The van der Waals surface area contributed by atoms with Crippen molar-refractivity contribution in [1.29, 1.82) is 0 Å². The molecule has 0 bridgehead atoms. The molecule has 1 saturated carbocycles. The fourth-order valence-corrected chi connectivity index (χ4v) is 2.73. The maximum Gasteiger partial charge on any atom is 0.332 e. The zero-order chi connectivity index (χ0) is 15.1. The van der Waals surface area contributed by atoms with Crippen LogP contribution in [-0.2, 0) is 16.0 Å². The lowest BCUT2D eigenvalue weighted by Crippen LogP contribution is -2.20. The molecule has 0 saturated heterocycles. The summed E-state index contributed by atoms with van der Waals surface area (Å²) in [5.41, 5.74) is 0.584. The maximum atomic E-state index is 12.7. The van der Waals surface area contributed by atoms with Gasteiger partial charge in [0.1, 0.15) is 6.10 Å². The molecular weight excluding hydrogens is 271 g/mol. The minimum Gasteiger partial charge on any atom is -0.462 e. The van der Waals surface area contributed by atoms with Gasteiger partial charge >= 0.3 is 12.0 Å². The minimum absolute atomic E-state index is 0.00351. The van der Waals surface area contributed by atoms with E-state index in [4.69, 9.17) is 4.74 Å². The van der Waals surface area contributed by atoms with Crippen LogP contribution in [0, 0.1) is 0 Å². The highest BCUT2D eigenvalue weighted by molar-refractivity contribution is 5.88. The summed E-state index contributed by atoms with van der Waals surface area (Å²) in [5.74, 6) is -0.302. The van der Waals surface area contributed by atoms with E-state index in [1.807, 2.05) is 0 Å². The molecule has 0 unspecified atom stereocenters. The molecule has 0 aliphatic heterocycles. The Labute approximate surface area is 124 Å². The van der Waals surface area contributed by atoms with Crippen LogP contribution >= 0.6 is 0 Å². The highest BCUT2D eigenvalue weighted by Gasteiger charge is 2.16. The summed E-state index contributed by atoms with van der Waals surface area (Å²) in [5, 5.41) is 0. The van der Waals surface area contributed by atoms with Crippen LogP contribution in [0.1, 0.15) is 60.9 Å². The first-order valence-electron chi connectivity index (χ1n) is 7.63. The lowest BCUT2D eigenvalue weighted by atomic mass is 9.98. The monoisotopic (exact) mass is 292 g/mol. The van der Waals surface area contributed by atoms with Crippen LogP contribution in [0.15, 0.2) is 24.3 Å². The predicted molar refractivity (Wildman–Crippen MR) is 77.8 cm³/mol. The molecule has 1 aromatic carbocycles. The standard InChI is InChI=1S/C17H21FO3/c18-17(20)14-8-6-7-13(11-14)12-16(19)21-15-9-4-2-1-3-5-10-15/h6-8,11,15H,1-5,9-10,12H2. The van der Waals surface area contributed by atoms with Crippen molar-refractivity contribution in [3.63, 3.8) is 0 Å². The van der Waals surface area contributed by atoms with Crippen LogP contribution in [0.25, 0.3) is 0 Å². The van der Waals surface area contributed by atoms with Gasteiger partial charge in [-0.2, -0.15) is 4.39 Å². The minimum atomic E-state index is -1.48. The van der Waals surface area contributed by atoms with Crippen molar-refractivity contribution >= 4 is 12.0 Å². The van der Waals surface area contributed by atoms with Gasteiger partial charge in [0.2, 0.25) is 0 Å². The first-order valence-corrected chi connectivity index (χ1v) is 7.63. The molecule has 1 aliphatic carbocycles. The van der Waals surface area contributed by atoms with E-state index in [0.29, 0.717) is 5.56 Å². The molecule has 0 amide bonds. The van der Waals surface area contributed by atoms with Crippen LogP contribution in [0.2, 0.25) is 0 Å². The van der Waals surface area contributed by atoms with E-state index < -0.39 is 6.04 Å². The van der Waals surface area contributed by atoms with Crippen molar-refractivity contribution < 1.29 is 18.7 Å². The van der Waals surface area contributed by atoms with Crippen LogP contribution in [0.4, 0.5) is 4.39 Å². The van der Waals surface area contributed by atoms with Crippen molar-refractivity contribution in [2.45, 2.75) is 57.5 Å². The van der Waals surface area contributed by atoms with E-state index >= 15 is 0 Å². The molecule has 114 valence electrons. The number of hydrogen-bond acceptors (Lipinski definition) is 3. The SMILES string of the molecule is O=C(Cc1cccc(C(=O)F)c1)OC1CCCCCCC1. The summed E-state index contributed by atoms with van der Waals surface area (Å²) in [6, 6.07) is 4.59. The summed E-state index contributed by atoms with van der Waals surface area (Å²) >= 11 is 0. The van der Waals surface area contributed by atoms with Gasteiger partial charge in [0.25, 0.3) is 0 Å². The third kappa shape index (κ3) is 5.29. The topological polar surface area (TPSA) is 43.4 Å². The number of carbonyl (C=O) groups excluding carboxylic acids is 2. The Morgan fingerprint density at radius 2 is 1.76 bits per heavy atom. The first kappa shape index (κ1) is 15.7. The fourth-order valence-electron chi connectivity index (χ4n) is 2.73. The lowest BCUT2D eigenvalue weighted by molar-refractivity contribution is -0.149. The molecule has 1 fully saturated rings. The van der Waals surface area contributed by atoms with Gasteiger partial charge in [0, 0.05) is 0 Å². The van der Waals surface area contributed by atoms with Crippen molar-refractivity contribution in [2.75, 3.05) is 0 Å². The maximum absolute atomic E-state index is 12.7. The number of esters is 1. The van der Waals surface area contributed by atoms with Crippen LogP contribution in [0.3, 0.4) is 0 Å². The number of rotatable bonds is 4. The van der Waals surface area contributed by atoms with Crippen molar-refractivity contribution in [3.05, 3.63) is 35.4 Å². The Balaban J connectivity index is 1.88. The van der Waals surface area contributed by atoms with Gasteiger partial charge in [-0.05, 0) is 43.4 Å². The summed E-state index contributed by atoms with van der Waals surface area (Å²) in [4.78, 5) is 22.6. The second-order valence-electron chi connectivity index (χ2n) is 5.61. The van der Waals surface area contributed by atoms with E-state index in [2.05, 4.69) is 0 Å². The quantitative estimate of drug-likeness (QED) is 0.622. The van der Waals surface area contributed by atoms with Gasteiger partial charge in [0.15, 0.2) is 0 Å². The molecule has 1 aromatic rings. The van der Waals surface area contributed by atoms with E-state index in [-0.39, 0.29) is 24.1 Å². The zero-order valence-corrected chi connectivity index (χ0v) is 12.1. The van der Waals surface area contributed by atoms with Crippen molar-refractivity contribution in [2.24, 2.45) is 0 Å². The summed E-state index contributed by atoms with van der Waals surface area (Å²) < 4.78 is 18.2. The van der Waals surface area contributed by atoms with Gasteiger partial charge in [0.05, 0.1) is 12.0 Å². The van der Waals surface area contributed by atoms with E-state index in [0.717, 1.165) is 25.7 Å². The third-order valence-electron chi connectivity index (χ3n) is 3.85. The molecule has 0 heterocycles. The van der Waals surface area contributed by atoms with Gasteiger partial charge in [-0.3, -0.25) is 9.59 Å². The van der Waals surface area contributed by atoms with Gasteiger partial charge in [-0.25, -0.2) is 0 Å². The largest absolute Gasteiger partial charge is 0.462 e. The first-order chi connectivity index (χ1) is 10.1. The summed E-state index contributed by atoms with van der Waals surface area (Å²) in [7, 11) is 0.